The van der Waals surface area contributed by atoms with Crippen molar-refractivity contribution in [2.45, 2.75) is 6.04 Å². The molecule has 0 radical (unpaired) electrons. The van der Waals surface area contributed by atoms with E-state index in [0.29, 0.717) is 5.02 Å². The lowest BCUT2D eigenvalue weighted by Gasteiger charge is -2.11. The summed E-state index contributed by atoms with van der Waals surface area (Å²) in [5, 5.41) is 3.70. The molecule has 1 aromatic carbocycles. The molecule has 68 valence electrons. The molecule has 0 fully saturated rings. The van der Waals surface area contributed by atoms with Crippen LogP contribution in [0.1, 0.15) is 11.6 Å². The normalized spacial score (nSPS) is 12.2. The Morgan fingerprint density at radius 2 is 2.31 bits per heavy atom. The summed E-state index contributed by atoms with van der Waals surface area (Å²) in [6, 6.07) is 5.46. The Morgan fingerprint density at radius 1 is 1.62 bits per heavy atom. The number of hydrogen-bond donors (Lipinski definition) is 1. The van der Waals surface area contributed by atoms with E-state index in [9.17, 15) is 0 Å². The van der Waals surface area contributed by atoms with Gasteiger partial charge in [-0.3, -0.25) is 0 Å². The first-order chi connectivity index (χ1) is 6.19. The lowest BCUT2D eigenvalue weighted by Crippen LogP contribution is -2.14. The summed E-state index contributed by atoms with van der Waals surface area (Å²) in [6.07, 6.45) is 5.36. The van der Waals surface area contributed by atoms with Gasteiger partial charge in [-0.1, -0.05) is 33.5 Å². The molecular formula is C10H9BrClN. The van der Waals surface area contributed by atoms with E-state index in [-0.39, 0.29) is 6.04 Å². The highest BCUT2D eigenvalue weighted by Crippen LogP contribution is 2.26. The van der Waals surface area contributed by atoms with Crippen molar-refractivity contribution in [3.8, 4) is 12.3 Å². The van der Waals surface area contributed by atoms with E-state index in [0.717, 1.165) is 10.0 Å². The van der Waals surface area contributed by atoms with Crippen LogP contribution in [0, 0.1) is 12.3 Å². The van der Waals surface area contributed by atoms with Gasteiger partial charge in [-0.25, -0.2) is 0 Å². The highest BCUT2D eigenvalue weighted by Gasteiger charge is 2.09. The molecule has 1 atom stereocenters. The van der Waals surface area contributed by atoms with Crippen LogP contribution in [0.3, 0.4) is 0 Å². The lowest BCUT2D eigenvalue weighted by atomic mass is 10.1. The molecule has 3 heteroatoms. The lowest BCUT2D eigenvalue weighted by molar-refractivity contribution is 0.733. The zero-order valence-electron chi connectivity index (χ0n) is 7.14. The summed E-state index contributed by atoms with van der Waals surface area (Å²) < 4.78 is 0.967. The molecule has 0 saturated carbocycles. The molecule has 13 heavy (non-hydrogen) atoms. The first kappa shape index (κ1) is 10.6. The molecule has 0 saturated heterocycles. The second kappa shape index (κ2) is 4.66. The monoisotopic (exact) mass is 257 g/mol. The van der Waals surface area contributed by atoms with Gasteiger partial charge in [0.2, 0.25) is 0 Å². The fourth-order valence-electron chi connectivity index (χ4n) is 1.06. The van der Waals surface area contributed by atoms with Gasteiger partial charge in [0.15, 0.2) is 0 Å². The topological polar surface area (TPSA) is 12.0 Å². The quantitative estimate of drug-likeness (QED) is 0.804. The molecule has 1 nitrogen and oxygen atoms in total. The second-order valence-electron chi connectivity index (χ2n) is 2.55. The van der Waals surface area contributed by atoms with Crippen LogP contribution in [-0.2, 0) is 0 Å². The number of benzene rings is 1. The molecule has 0 aliphatic carbocycles. The number of terminal acetylenes is 1. The Morgan fingerprint density at radius 3 is 2.85 bits per heavy atom. The van der Waals surface area contributed by atoms with Crippen molar-refractivity contribution in [3.05, 3.63) is 33.3 Å². The minimum absolute atomic E-state index is 0.104. The van der Waals surface area contributed by atoms with Gasteiger partial charge in [-0.15, -0.1) is 6.42 Å². The SMILES string of the molecule is C#CC(NC)c1cc(Cl)ccc1Br. The van der Waals surface area contributed by atoms with Gasteiger partial charge < -0.3 is 5.32 Å². The summed E-state index contributed by atoms with van der Waals surface area (Å²) >= 11 is 9.28. The number of hydrogen-bond acceptors (Lipinski definition) is 1. The zero-order valence-corrected chi connectivity index (χ0v) is 9.48. The smallest absolute Gasteiger partial charge is 0.0952 e. The Balaban J connectivity index is 3.13. The first-order valence-corrected chi connectivity index (χ1v) is 4.94. The molecule has 0 bridgehead atoms. The molecule has 1 aromatic rings. The van der Waals surface area contributed by atoms with Crippen molar-refractivity contribution in [3.63, 3.8) is 0 Å². The largest absolute Gasteiger partial charge is 0.303 e. The summed E-state index contributed by atoms with van der Waals surface area (Å²) in [5.74, 6) is 2.64. The Bertz CT molecular complexity index is 343. The third-order valence-electron chi connectivity index (χ3n) is 1.72. The molecule has 0 aliphatic rings. The van der Waals surface area contributed by atoms with Crippen molar-refractivity contribution in [1.29, 1.82) is 0 Å². The van der Waals surface area contributed by atoms with Crippen molar-refractivity contribution in [1.82, 2.24) is 5.32 Å². The first-order valence-electron chi connectivity index (χ1n) is 3.77. The van der Waals surface area contributed by atoms with E-state index in [1.54, 1.807) is 0 Å². The van der Waals surface area contributed by atoms with Crippen molar-refractivity contribution in [2.75, 3.05) is 7.05 Å². The predicted octanol–water partition coefficient (Wildman–Crippen LogP) is 3.00. The maximum atomic E-state index is 5.86. The van der Waals surface area contributed by atoms with Gasteiger partial charge in [0.25, 0.3) is 0 Å². The van der Waals surface area contributed by atoms with Crippen molar-refractivity contribution >= 4 is 27.5 Å². The fourth-order valence-corrected chi connectivity index (χ4v) is 1.72. The third kappa shape index (κ3) is 2.47. The maximum Gasteiger partial charge on any atom is 0.0952 e. The van der Waals surface area contributed by atoms with Crippen LogP contribution in [0.4, 0.5) is 0 Å². The van der Waals surface area contributed by atoms with Crippen LogP contribution >= 0.6 is 27.5 Å². The molecule has 0 spiro atoms. The maximum absolute atomic E-state index is 5.86. The molecule has 1 unspecified atom stereocenters. The van der Waals surface area contributed by atoms with Crippen LogP contribution in [0.15, 0.2) is 22.7 Å². The van der Waals surface area contributed by atoms with Crippen LogP contribution in [0.5, 0.6) is 0 Å². The van der Waals surface area contributed by atoms with E-state index in [1.807, 2.05) is 25.2 Å². The average Bonchev–Trinajstić information content (AvgIpc) is 2.13. The molecule has 0 aromatic heterocycles. The predicted molar refractivity (Wildman–Crippen MR) is 59.8 cm³/mol. The van der Waals surface area contributed by atoms with Crippen LogP contribution < -0.4 is 5.32 Å². The van der Waals surface area contributed by atoms with E-state index in [1.165, 1.54) is 0 Å². The summed E-state index contributed by atoms with van der Waals surface area (Å²) in [4.78, 5) is 0. The molecule has 1 N–H and O–H groups in total. The van der Waals surface area contributed by atoms with Crippen molar-refractivity contribution in [2.24, 2.45) is 0 Å². The number of rotatable bonds is 2. The van der Waals surface area contributed by atoms with Crippen LogP contribution in [-0.4, -0.2) is 7.05 Å². The van der Waals surface area contributed by atoms with E-state index in [4.69, 9.17) is 18.0 Å². The molecule has 0 heterocycles. The Hall–Kier alpha value is -0.490. The molecule has 1 rings (SSSR count). The van der Waals surface area contributed by atoms with Crippen LogP contribution in [0.2, 0.25) is 5.02 Å². The standard InChI is InChI=1S/C10H9BrClN/c1-3-10(13-2)8-6-7(12)4-5-9(8)11/h1,4-6,10,13H,2H3. The van der Waals surface area contributed by atoms with Gasteiger partial charge in [0, 0.05) is 9.50 Å². The van der Waals surface area contributed by atoms with Gasteiger partial charge in [-0.2, -0.15) is 0 Å². The summed E-state index contributed by atoms with van der Waals surface area (Å²) in [5.41, 5.74) is 0.984. The molecule has 0 amide bonds. The number of halogens is 2. The van der Waals surface area contributed by atoms with Gasteiger partial charge in [0.05, 0.1) is 6.04 Å². The molecular weight excluding hydrogens is 249 g/mol. The van der Waals surface area contributed by atoms with Gasteiger partial charge in [-0.05, 0) is 30.8 Å². The molecule has 0 aliphatic heterocycles. The van der Waals surface area contributed by atoms with E-state index >= 15 is 0 Å². The van der Waals surface area contributed by atoms with Crippen molar-refractivity contribution < 1.29 is 0 Å². The summed E-state index contributed by atoms with van der Waals surface area (Å²) in [7, 11) is 1.82. The second-order valence-corrected chi connectivity index (χ2v) is 3.84. The van der Waals surface area contributed by atoms with Gasteiger partial charge >= 0.3 is 0 Å². The average molecular weight is 259 g/mol. The van der Waals surface area contributed by atoms with Gasteiger partial charge in [0.1, 0.15) is 0 Å². The summed E-state index contributed by atoms with van der Waals surface area (Å²) in [6.45, 7) is 0. The fraction of sp³-hybridized carbons (Fsp3) is 0.200. The Kier molecular flexibility index (Phi) is 3.80. The van der Waals surface area contributed by atoms with E-state index < -0.39 is 0 Å². The minimum atomic E-state index is -0.104. The van der Waals surface area contributed by atoms with Crippen LogP contribution in [0.25, 0.3) is 0 Å². The Labute approximate surface area is 91.6 Å². The number of nitrogens with one attached hydrogen (secondary N) is 1. The zero-order chi connectivity index (χ0) is 9.84. The highest BCUT2D eigenvalue weighted by atomic mass is 79.9. The highest BCUT2D eigenvalue weighted by molar-refractivity contribution is 9.10. The van der Waals surface area contributed by atoms with E-state index in [2.05, 4.69) is 27.2 Å². The minimum Gasteiger partial charge on any atom is -0.303 e. The third-order valence-corrected chi connectivity index (χ3v) is 2.68.